The molecule has 3 fully saturated rings. The van der Waals surface area contributed by atoms with Crippen LogP contribution in [0.2, 0.25) is 0 Å². The Kier molecular flexibility index (Phi) is 3.46. The van der Waals surface area contributed by atoms with Crippen molar-refractivity contribution in [3.05, 3.63) is 0 Å². The quantitative estimate of drug-likeness (QED) is 0.731. The van der Waals surface area contributed by atoms with Crippen LogP contribution in [0.5, 0.6) is 0 Å². The number of morpholine rings is 1. The molecule has 1 aliphatic heterocycles. The largest absolute Gasteiger partial charge is 0.374 e. The van der Waals surface area contributed by atoms with Gasteiger partial charge in [0.05, 0.1) is 12.7 Å². The lowest BCUT2D eigenvalue weighted by molar-refractivity contribution is 0.00387. The van der Waals surface area contributed by atoms with Crippen LogP contribution in [0.4, 0.5) is 0 Å². The molecule has 1 atom stereocenters. The van der Waals surface area contributed by atoms with Gasteiger partial charge in [0, 0.05) is 32.7 Å². The maximum absolute atomic E-state index is 5.81. The van der Waals surface area contributed by atoms with Gasteiger partial charge in [-0.25, -0.2) is 0 Å². The molecule has 0 amide bonds. The third-order valence-electron chi connectivity index (χ3n) is 3.89. The zero-order valence-electron chi connectivity index (χ0n) is 10.2. The molecule has 1 N–H and O–H groups in total. The Morgan fingerprint density at radius 1 is 1.00 bits per heavy atom. The molecule has 3 aliphatic rings. The fourth-order valence-corrected chi connectivity index (χ4v) is 2.58. The molecule has 1 unspecified atom stereocenters. The van der Waals surface area contributed by atoms with E-state index in [-0.39, 0.29) is 0 Å². The molecule has 0 radical (unpaired) electrons. The molecular formula is C13H24N2O. The van der Waals surface area contributed by atoms with Crippen LogP contribution in [-0.2, 0) is 4.74 Å². The van der Waals surface area contributed by atoms with Gasteiger partial charge in [-0.05, 0) is 37.5 Å². The second-order valence-corrected chi connectivity index (χ2v) is 5.80. The second kappa shape index (κ2) is 5.03. The van der Waals surface area contributed by atoms with Crippen LogP contribution in [0.3, 0.4) is 0 Å². The van der Waals surface area contributed by atoms with E-state index >= 15 is 0 Å². The smallest absolute Gasteiger partial charge is 0.0826 e. The van der Waals surface area contributed by atoms with E-state index in [2.05, 4.69) is 10.2 Å². The normalized spacial score (nSPS) is 30.9. The first-order chi connectivity index (χ1) is 7.90. The minimum Gasteiger partial charge on any atom is -0.374 e. The fourth-order valence-electron chi connectivity index (χ4n) is 2.58. The first kappa shape index (κ1) is 11.0. The van der Waals surface area contributed by atoms with Crippen LogP contribution < -0.4 is 5.32 Å². The Balaban J connectivity index is 1.45. The first-order valence-electron chi connectivity index (χ1n) is 6.95. The molecule has 3 rings (SSSR count). The molecule has 1 saturated heterocycles. The van der Waals surface area contributed by atoms with Gasteiger partial charge in [-0.15, -0.1) is 0 Å². The van der Waals surface area contributed by atoms with Gasteiger partial charge in [0.1, 0.15) is 0 Å². The van der Waals surface area contributed by atoms with Crippen molar-refractivity contribution in [1.29, 1.82) is 0 Å². The predicted octanol–water partition coefficient (Wildman–Crippen LogP) is 1.10. The highest BCUT2D eigenvalue weighted by atomic mass is 16.5. The molecule has 0 aromatic carbocycles. The first-order valence-corrected chi connectivity index (χ1v) is 6.95. The zero-order chi connectivity index (χ0) is 10.8. The summed E-state index contributed by atoms with van der Waals surface area (Å²) in [4.78, 5) is 2.67. The van der Waals surface area contributed by atoms with Crippen LogP contribution in [-0.4, -0.2) is 50.3 Å². The van der Waals surface area contributed by atoms with E-state index in [4.69, 9.17) is 4.74 Å². The minimum absolute atomic E-state index is 0.436. The number of hydrogen-bond acceptors (Lipinski definition) is 3. The maximum atomic E-state index is 5.81. The van der Waals surface area contributed by atoms with Crippen molar-refractivity contribution in [2.45, 2.75) is 31.8 Å². The molecule has 1 heterocycles. The molecule has 0 bridgehead atoms. The van der Waals surface area contributed by atoms with Gasteiger partial charge < -0.3 is 15.0 Å². The van der Waals surface area contributed by atoms with Gasteiger partial charge in [0.25, 0.3) is 0 Å². The lowest BCUT2D eigenvalue weighted by atomic mass is 10.2. The van der Waals surface area contributed by atoms with Crippen LogP contribution >= 0.6 is 0 Å². The van der Waals surface area contributed by atoms with E-state index in [1.165, 1.54) is 38.8 Å². The van der Waals surface area contributed by atoms with Gasteiger partial charge in [0.15, 0.2) is 0 Å². The van der Waals surface area contributed by atoms with E-state index in [9.17, 15) is 0 Å². The fraction of sp³-hybridized carbons (Fsp3) is 1.00. The number of nitrogens with one attached hydrogen (secondary N) is 1. The van der Waals surface area contributed by atoms with E-state index in [1.807, 2.05) is 0 Å². The Morgan fingerprint density at radius 3 is 2.19 bits per heavy atom. The summed E-state index contributed by atoms with van der Waals surface area (Å²) in [5, 5.41) is 3.43. The van der Waals surface area contributed by atoms with Crippen molar-refractivity contribution in [3.63, 3.8) is 0 Å². The average molecular weight is 224 g/mol. The van der Waals surface area contributed by atoms with Crippen molar-refractivity contribution in [3.8, 4) is 0 Å². The SMILES string of the molecule is C1COC(CN(CC2CC2)CC2CC2)CN1. The summed E-state index contributed by atoms with van der Waals surface area (Å²) in [6.45, 7) is 6.78. The Morgan fingerprint density at radius 2 is 1.69 bits per heavy atom. The van der Waals surface area contributed by atoms with Crippen molar-refractivity contribution >= 4 is 0 Å². The van der Waals surface area contributed by atoms with Crippen LogP contribution in [0, 0.1) is 11.8 Å². The van der Waals surface area contributed by atoms with E-state index in [0.29, 0.717) is 6.10 Å². The van der Waals surface area contributed by atoms with Crippen LogP contribution in [0.25, 0.3) is 0 Å². The Hall–Kier alpha value is -0.120. The van der Waals surface area contributed by atoms with Gasteiger partial charge >= 0.3 is 0 Å². The molecule has 3 nitrogen and oxygen atoms in total. The topological polar surface area (TPSA) is 24.5 Å². The third kappa shape index (κ3) is 3.44. The van der Waals surface area contributed by atoms with Gasteiger partial charge in [-0.3, -0.25) is 0 Å². The summed E-state index contributed by atoms with van der Waals surface area (Å²) in [6, 6.07) is 0. The molecule has 16 heavy (non-hydrogen) atoms. The van der Waals surface area contributed by atoms with Gasteiger partial charge in [-0.1, -0.05) is 0 Å². The molecule has 0 aromatic rings. The molecular weight excluding hydrogens is 200 g/mol. The molecule has 92 valence electrons. The average Bonchev–Trinajstić information content (AvgIpc) is 3.15. The highest BCUT2D eigenvalue weighted by Crippen LogP contribution is 2.33. The molecule has 3 heteroatoms. The van der Waals surface area contributed by atoms with Crippen molar-refractivity contribution < 1.29 is 4.74 Å². The highest BCUT2D eigenvalue weighted by Gasteiger charge is 2.30. The third-order valence-corrected chi connectivity index (χ3v) is 3.89. The summed E-state index contributed by atoms with van der Waals surface area (Å²) in [6.07, 6.45) is 6.29. The second-order valence-electron chi connectivity index (χ2n) is 5.80. The van der Waals surface area contributed by atoms with E-state index in [1.54, 1.807) is 0 Å². The van der Waals surface area contributed by atoms with Crippen molar-refractivity contribution in [2.24, 2.45) is 11.8 Å². The number of ether oxygens (including phenoxy) is 1. The molecule has 0 aromatic heterocycles. The monoisotopic (exact) mass is 224 g/mol. The van der Waals surface area contributed by atoms with Crippen LogP contribution in [0.15, 0.2) is 0 Å². The van der Waals surface area contributed by atoms with Gasteiger partial charge in [-0.2, -0.15) is 0 Å². The van der Waals surface area contributed by atoms with E-state index in [0.717, 1.165) is 38.1 Å². The zero-order valence-corrected chi connectivity index (χ0v) is 10.2. The highest BCUT2D eigenvalue weighted by molar-refractivity contribution is 4.84. The Bertz CT molecular complexity index is 206. The van der Waals surface area contributed by atoms with Gasteiger partial charge in [0.2, 0.25) is 0 Å². The molecule has 2 aliphatic carbocycles. The van der Waals surface area contributed by atoms with Crippen LogP contribution in [0.1, 0.15) is 25.7 Å². The van der Waals surface area contributed by atoms with Crippen molar-refractivity contribution in [2.75, 3.05) is 39.3 Å². The molecule has 2 saturated carbocycles. The maximum Gasteiger partial charge on any atom is 0.0826 e. The van der Waals surface area contributed by atoms with E-state index < -0.39 is 0 Å². The van der Waals surface area contributed by atoms with Crippen molar-refractivity contribution in [1.82, 2.24) is 10.2 Å². The molecule has 0 spiro atoms. The number of rotatable bonds is 6. The lowest BCUT2D eigenvalue weighted by Crippen LogP contribution is -2.46. The summed E-state index contributed by atoms with van der Waals surface area (Å²) in [7, 11) is 0. The lowest BCUT2D eigenvalue weighted by Gasteiger charge is -2.30. The summed E-state index contributed by atoms with van der Waals surface area (Å²) < 4.78 is 5.81. The standard InChI is InChI=1S/C13H24N2O/c1-2-11(1)8-15(9-12-3-4-12)10-13-7-14-5-6-16-13/h11-14H,1-10H2. The minimum atomic E-state index is 0.436. The summed E-state index contributed by atoms with van der Waals surface area (Å²) in [5.41, 5.74) is 0. The Labute approximate surface area is 98.5 Å². The number of nitrogens with zero attached hydrogens (tertiary/aromatic N) is 1. The summed E-state index contributed by atoms with van der Waals surface area (Å²) in [5.74, 6) is 2.02. The number of hydrogen-bond donors (Lipinski definition) is 1. The predicted molar refractivity (Wildman–Crippen MR) is 64.5 cm³/mol. The summed E-state index contributed by atoms with van der Waals surface area (Å²) >= 11 is 0.